The zero-order valence-electron chi connectivity index (χ0n) is 12.6. The summed E-state index contributed by atoms with van der Waals surface area (Å²) in [6.07, 6.45) is 0.197. The van der Waals surface area contributed by atoms with Gasteiger partial charge in [-0.3, -0.25) is 9.59 Å². The van der Waals surface area contributed by atoms with Crippen LogP contribution in [0.15, 0.2) is 42.5 Å². The number of carboxylic acids is 1. The summed E-state index contributed by atoms with van der Waals surface area (Å²) in [4.78, 5) is 22.6. The monoisotopic (exact) mass is 334 g/mol. The van der Waals surface area contributed by atoms with E-state index in [1.54, 1.807) is 24.3 Å². The van der Waals surface area contributed by atoms with Crippen LogP contribution < -0.4 is 11.1 Å². The third-order valence-corrected chi connectivity index (χ3v) is 3.42. The lowest BCUT2D eigenvalue weighted by Crippen LogP contribution is -2.32. The van der Waals surface area contributed by atoms with E-state index in [-0.39, 0.29) is 18.5 Å². The second-order valence-corrected chi connectivity index (χ2v) is 5.27. The fraction of sp³-hybridized carbons (Fsp3) is 0.176. The van der Waals surface area contributed by atoms with Crippen LogP contribution in [0.25, 0.3) is 0 Å². The second-order valence-electron chi connectivity index (χ2n) is 5.27. The van der Waals surface area contributed by atoms with Crippen molar-refractivity contribution < 1.29 is 23.5 Å². The highest BCUT2D eigenvalue weighted by molar-refractivity contribution is 5.94. The average Bonchev–Trinajstić information content (AvgIpc) is 2.53. The number of hydrogen-bond acceptors (Lipinski definition) is 3. The summed E-state index contributed by atoms with van der Waals surface area (Å²) in [5.41, 5.74) is 6.72. The van der Waals surface area contributed by atoms with Crippen molar-refractivity contribution >= 4 is 11.9 Å². The van der Waals surface area contributed by atoms with Crippen LogP contribution in [0.3, 0.4) is 0 Å². The number of hydrogen-bond donors (Lipinski definition) is 3. The molecule has 0 saturated carbocycles. The van der Waals surface area contributed by atoms with Gasteiger partial charge in [-0.15, -0.1) is 0 Å². The van der Waals surface area contributed by atoms with Crippen LogP contribution in [0.5, 0.6) is 0 Å². The van der Waals surface area contributed by atoms with Crippen molar-refractivity contribution in [2.45, 2.75) is 19.0 Å². The molecule has 0 aliphatic heterocycles. The van der Waals surface area contributed by atoms with Crippen LogP contribution in [0.2, 0.25) is 0 Å². The van der Waals surface area contributed by atoms with Gasteiger partial charge < -0.3 is 16.2 Å². The van der Waals surface area contributed by atoms with E-state index in [1.165, 1.54) is 0 Å². The van der Waals surface area contributed by atoms with Gasteiger partial charge >= 0.3 is 5.97 Å². The van der Waals surface area contributed by atoms with Crippen LogP contribution in [-0.4, -0.2) is 23.0 Å². The molecule has 24 heavy (non-hydrogen) atoms. The van der Waals surface area contributed by atoms with E-state index < -0.39 is 29.6 Å². The first-order chi connectivity index (χ1) is 11.4. The molecule has 0 fully saturated rings. The first-order valence-electron chi connectivity index (χ1n) is 7.16. The highest BCUT2D eigenvalue weighted by atomic mass is 19.1. The summed E-state index contributed by atoms with van der Waals surface area (Å²) in [6, 6.07) is 8.61. The first-order valence-corrected chi connectivity index (χ1v) is 7.16. The van der Waals surface area contributed by atoms with E-state index in [0.29, 0.717) is 6.07 Å². The smallest absolute Gasteiger partial charge is 0.320 e. The quantitative estimate of drug-likeness (QED) is 0.752. The topological polar surface area (TPSA) is 92.4 Å². The molecule has 0 aliphatic carbocycles. The lowest BCUT2D eigenvalue weighted by atomic mass is 10.0. The van der Waals surface area contributed by atoms with Crippen molar-refractivity contribution in [2.24, 2.45) is 5.73 Å². The van der Waals surface area contributed by atoms with Gasteiger partial charge in [-0.1, -0.05) is 24.3 Å². The maximum atomic E-state index is 13.5. The van der Waals surface area contributed by atoms with E-state index in [1.807, 2.05) is 0 Å². The molecule has 4 N–H and O–H groups in total. The van der Waals surface area contributed by atoms with Crippen molar-refractivity contribution in [1.82, 2.24) is 5.32 Å². The number of amides is 1. The summed E-state index contributed by atoms with van der Waals surface area (Å²) < 4.78 is 26.3. The molecule has 1 atom stereocenters. The molecule has 5 nitrogen and oxygen atoms in total. The summed E-state index contributed by atoms with van der Waals surface area (Å²) in [7, 11) is 0. The lowest BCUT2D eigenvalue weighted by Gasteiger charge is -2.09. The minimum atomic E-state index is -1.08. The Labute approximate surface area is 137 Å². The maximum Gasteiger partial charge on any atom is 0.320 e. The summed E-state index contributed by atoms with van der Waals surface area (Å²) >= 11 is 0. The molecular weight excluding hydrogens is 318 g/mol. The Hall–Kier alpha value is -2.80. The van der Waals surface area contributed by atoms with Gasteiger partial charge in [-0.25, -0.2) is 8.78 Å². The highest BCUT2D eigenvalue weighted by Crippen LogP contribution is 2.10. The SMILES string of the molecule is N[C@@H](Cc1ccc(CNC(=O)c2ccc(F)cc2F)cc1)C(=O)O. The van der Waals surface area contributed by atoms with E-state index in [9.17, 15) is 18.4 Å². The lowest BCUT2D eigenvalue weighted by molar-refractivity contribution is -0.138. The van der Waals surface area contributed by atoms with Crippen LogP contribution in [0.4, 0.5) is 8.78 Å². The number of halogens is 2. The van der Waals surface area contributed by atoms with Gasteiger partial charge in [-0.2, -0.15) is 0 Å². The van der Waals surface area contributed by atoms with E-state index in [2.05, 4.69) is 5.32 Å². The molecule has 0 aliphatic rings. The standard InChI is InChI=1S/C17H16F2N2O3/c18-12-5-6-13(14(19)8-12)16(22)21-9-11-3-1-10(2-4-11)7-15(20)17(23)24/h1-6,8,15H,7,9,20H2,(H,21,22)(H,23,24)/t15-/m0/s1. The molecule has 0 saturated heterocycles. The Morgan fingerprint density at radius 3 is 2.29 bits per heavy atom. The third kappa shape index (κ3) is 4.60. The van der Waals surface area contributed by atoms with Gasteiger partial charge in [0, 0.05) is 12.6 Å². The zero-order valence-corrected chi connectivity index (χ0v) is 12.6. The fourth-order valence-electron chi connectivity index (χ4n) is 2.09. The highest BCUT2D eigenvalue weighted by Gasteiger charge is 2.13. The molecule has 0 bridgehead atoms. The number of benzene rings is 2. The Morgan fingerprint density at radius 2 is 1.71 bits per heavy atom. The molecule has 2 aromatic carbocycles. The molecule has 7 heteroatoms. The minimum absolute atomic E-state index is 0.154. The molecule has 0 aromatic heterocycles. The second kappa shape index (κ2) is 7.65. The van der Waals surface area contributed by atoms with Crippen LogP contribution in [-0.2, 0) is 17.8 Å². The van der Waals surface area contributed by atoms with Crippen LogP contribution in [0.1, 0.15) is 21.5 Å². The van der Waals surface area contributed by atoms with Crippen LogP contribution >= 0.6 is 0 Å². The van der Waals surface area contributed by atoms with Gasteiger partial charge in [0.05, 0.1) is 5.56 Å². The number of carbonyl (C=O) groups excluding carboxylic acids is 1. The van der Waals surface area contributed by atoms with Gasteiger partial charge in [0.1, 0.15) is 17.7 Å². The minimum Gasteiger partial charge on any atom is -0.480 e. The molecule has 2 rings (SSSR count). The van der Waals surface area contributed by atoms with Crippen LogP contribution in [0, 0.1) is 11.6 Å². The summed E-state index contributed by atoms with van der Waals surface area (Å²) in [6.45, 7) is 0.154. The zero-order chi connectivity index (χ0) is 17.7. The molecule has 126 valence electrons. The predicted octanol–water partition coefficient (Wildman–Crippen LogP) is 1.85. The Kier molecular flexibility index (Phi) is 5.59. The van der Waals surface area contributed by atoms with E-state index in [0.717, 1.165) is 23.3 Å². The molecule has 0 radical (unpaired) electrons. The number of rotatable bonds is 6. The molecule has 2 aromatic rings. The van der Waals surface area contributed by atoms with Crippen molar-refractivity contribution in [2.75, 3.05) is 0 Å². The van der Waals surface area contributed by atoms with Gasteiger partial charge in [0.15, 0.2) is 0 Å². The van der Waals surface area contributed by atoms with Crippen molar-refractivity contribution in [3.8, 4) is 0 Å². The largest absolute Gasteiger partial charge is 0.480 e. The van der Waals surface area contributed by atoms with E-state index >= 15 is 0 Å². The summed E-state index contributed by atoms with van der Waals surface area (Å²) in [5.74, 6) is -3.40. The number of carbonyl (C=O) groups is 2. The van der Waals surface area contributed by atoms with Crippen molar-refractivity contribution in [3.63, 3.8) is 0 Å². The molecule has 0 unspecified atom stereocenters. The van der Waals surface area contributed by atoms with Crippen molar-refractivity contribution in [3.05, 3.63) is 70.8 Å². The number of carboxylic acid groups (broad SMARTS) is 1. The van der Waals surface area contributed by atoms with Gasteiger partial charge in [0.25, 0.3) is 5.91 Å². The maximum absolute atomic E-state index is 13.5. The van der Waals surface area contributed by atoms with Crippen molar-refractivity contribution in [1.29, 1.82) is 0 Å². The summed E-state index contributed by atoms with van der Waals surface area (Å²) in [5, 5.41) is 11.3. The van der Waals surface area contributed by atoms with Gasteiger partial charge in [0.2, 0.25) is 0 Å². The fourth-order valence-corrected chi connectivity index (χ4v) is 2.09. The molecule has 0 spiro atoms. The average molecular weight is 334 g/mol. The normalized spacial score (nSPS) is 11.8. The Bertz CT molecular complexity index is 748. The third-order valence-electron chi connectivity index (χ3n) is 3.42. The molecule has 0 heterocycles. The van der Waals surface area contributed by atoms with Gasteiger partial charge in [-0.05, 0) is 29.7 Å². The number of aliphatic carboxylic acids is 1. The Balaban J connectivity index is 1.94. The number of nitrogens with one attached hydrogen (secondary N) is 1. The molecular formula is C17H16F2N2O3. The Morgan fingerprint density at radius 1 is 1.08 bits per heavy atom. The predicted molar refractivity (Wildman–Crippen MR) is 83.3 cm³/mol. The number of nitrogens with two attached hydrogens (primary N) is 1. The first kappa shape index (κ1) is 17.6. The molecule has 1 amide bonds. The van der Waals surface area contributed by atoms with E-state index in [4.69, 9.17) is 10.8 Å².